The van der Waals surface area contributed by atoms with Crippen LogP contribution in [0.4, 0.5) is 11.5 Å². The maximum Gasteiger partial charge on any atom is 0.337 e. The predicted molar refractivity (Wildman–Crippen MR) is 66.2 cm³/mol. The van der Waals surface area contributed by atoms with Crippen molar-refractivity contribution in [3.63, 3.8) is 0 Å². The van der Waals surface area contributed by atoms with Gasteiger partial charge in [-0.1, -0.05) is 0 Å². The number of anilines is 2. The molecule has 0 amide bonds. The molecule has 2 rings (SSSR count). The maximum atomic E-state index is 11.0. The lowest BCUT2D eigenvalue weighted by Gasteiger charge is -2.22. The number of nitrogen functional groups attached to an aromatic ring is 1. The van der Waals surface area contributed by atoms with E-state index in [0.717, 1.165) is 12.8 Å². The lowest BCUT2D eigenvalue weighted by molar-refractivity contribution is 0.0698. The molecule has 0 unspecified atom stereocenters. The molecule has 1 saturated carbocycles. The zero-order chi connectivity index (χ0) is 13.1. The number of hydrogen-bond acceptors (Lipinski definition) is 5. The molecule has 0 radical (unpaired) electrons. The van der Waals surface area contributed by atoms with Crippen molar-refractivity contribution < 1.29 is 9.90 Å². The van der Waals surface area contributed by atoms with E-state index < -0.39 is 5.97 Å². The van der Waals surface area contributed by atoms with Crippen LogP contribution in [0.15, 0.2) is 12.3 Å². The molecule has 1 aromatic heterocycles. The first-order valence-corrected chi connectivity index (χ1v) is 5.76. The Morgan fingerprint density at radius 3 is 2.94 bits per heavy atom. The summed E-state index contributed by atoms with van der Waals surface area (Å²) in [6.07, 6.45) is 3.87. The molecule has 94 valence electrons. The van der Waals surface area contributed by atoms with Crippen LogP contribution in [0.5, 0.6) is 0 Å². The fraction of sp³-hybridized carbons (Fsp3) is 0.417. The van der Waals surface area contributed by atoms with Crippen LogP contribution >= 0.6 is 0 Å². The highest BCUT2D eigenvalue weighted by Crippen LogP contribution is 2.31. The molecule has 1 heterocycles. The van der Waals surface area contributed by atoms with E-state index in [1.54, 1.807) is 0 Å². The molecule has 3 N–H and O–H groups in total. The van der Waals surface area contributed by atoms with E-state index in [1.165, 1.54) is 12.3 Å². The van der Waals surface area contributed by atoms with Gasteiger partial charge in [0.05, 0.1) is 29.9 Å². The number of hydrogen-bond donors (Lipinski definition) is 2. The summed E-state index contributed by atoms with van der Waals surface area (Å²) in [5.41, 5.74) is 5.78. The Labute approximate surface area is 105 Å². The number of aromatic carboxylic acids is 1. The van der Waals surface area contributed by atoms with Crippen LogP contribution in [0.1, 0.15) is 29.6 Å². The van der Waals surface area contributed by atoms with Crippen LogP contribution in [-0.2, 0) is 0 Å². The lowest BCUT2D eigenvalue weighted by Crippen LogP contribution is -2.28. The summed E-state index contributed by atoms with van der Waals surface area (Å²) < 4.78 is 0. The van der Waals surface area contributed by atoms with E-state index in [1.807, 2.05) is 4.90 Å². The zero-order valence-electron chi connectivity index (χ0n) is 9.83. The SMILES string of the molecule is N#CCCN(c1cc(C(=O)O)c(N)cn1)C1CC1. The number of nitrogens with two attached hydrogens (primary N) is 1. The Morgan fingerprint density at radius 1 is 1.67 bits per heavy atom. The van der Waals surface area contributed by atoms with Crippen LogP contribution in [0.25, 0.3) is 0 Å². The van der Waals surface area contributed by atoms with Gasteiger partial charge in [-0.05, 0) is 18.9 Å². The predicted octanol–water partition coefficient (Wildman–Crippen LogP) is 1.24. The molecule has 18 heavy (non-hydrogen) atoms. The summed E-state index contributed by atoms with van der Waals surface area (Å²) in [4.78, 5) is 17.2. The van der Waals surface area contributed by atoms with Gasteiger partial charge in [0, 0.05) is 12.6 Å². The average Bonchev–Trinajstić information content (AvgIpc) is 3.15. The molecule has 0 bridgehead atoms. The quantitative estimate of drug-likeness (QED) is 0.810. The number of nitriles is 1. The van der Waals surface area contributed by atoms with Gasteiger partial charge >= 0.3 is 5.97 Å². The normalized spacial score (nSPS) is 13.9. The van der Waals surface area contributed by atoms with Crippen molar-refractivity contribution in [3.05, 3.63) is 17.8 Å². The van der Waals surface area contributed by atoms with Crippen LogP contribution in [0, 0.1) is 11.3 Å². The number of carboxylic acids is 1. The molecule has 1 aliphatic carbocycles. The Hall–Kier alpha value is -2.29. The molecule has 1 aromatic rings. The highest BCUT2D eigenvalue weighted by Gasteiger charge is 2.30. The molecular formula is C12H14N4O2. The van der Waals surface area contributed by atoms with Crippen molar-refractivity contribution in [2.45, 2.75) is 25.3 Å². The molecule has 1 aliphatic rings. The largest absolute Gasteiger partial charge is 0.478 e. The third-order valence-corrected chi connectivity index (χ3v) is 2.90. The summed E-state index contributed by atoms with van der Waals surface area (Å²) in [5, 5.41) is 17.7. The Balaban J connectivity index is 2.27. The van der Waals surface area contributed by atoms with Gasteiger partial charge in [-0.2, -0.15) is 5.26 Å². The number of carbonyl (C=O) groups is 1. The van der Waals surface area contributed by atoms with Crippen molar-refractivity contribution in [3.8, 4) is 6.07 Å². The molecule has 0 aliphatic heterocycles. The fourth-order valence-electron chi connectivity index (χ4n) is 1.84. The van der Waals surface area contributed by atoms with Gasteiger partial charge in [0.1, 0.15) is 5.82 Å². The van der Waals surface area contributed by atoms with E-state index >= 15 is 0 Å². The van der Waals surface area contributed by atoms with Crippen molar-refractivity contribution in [2.75, 3.05) is 17.2 Å². The second-order valence-electron chi connectivity index (χ2n) is 4.27. The molecule has 0 aromatic carbocycles. The Bertz CT molecular complexity index is 505. The second-order valence-corrected chi connectivity index (χ2v) is 4.27. The van der Waals surface area contributed by atoms with Crippen LogP contribution in [0.3, 0.4) is 0 Å². The Kier molecular flexibility index (Phi) is 3.33. The topological polar surface area (TPSA) is 103 Å². The van der Waals surface area contributed by atoms with Crippen LogP contribution in [0.2, 0.25) is 0 Å². The molecular weight excluding hydrogens is 232 g/mol. The maximum absolute atomic E-state index is 11.0. The van der Waals surface area contributed by atoms with Crippen molar-refractivity contribution in [1.82, 2.24) is 4.98 Å². The number of carboxylic acid groups (broad SMARTS) is 1. The molecule has 6 heteroatoms. The number of rotatable bonds is 5. The molecule has 0 spiro atoms. The van der Waals surface area contributed by atoms with Gasteiger partial charge in [0.25, 0.3) is 0 Å². The summed E-state index contributed by atoms with van der Waals surface area (Å²) in [7, 11) is 0. The Morgan fingerprint density at radius 2 is 2.39 bits per heavy atom. The number of pyridine rings is 1. The minimum Gasteiger partial charge on any atom is -0.478 e. The molecule has 0 atom stereocenters. The summed E-state index contributed by atoms with van der Waals surface area (Å²) in [5.74, 6) is -0.480. The van der Waals surface area contributed by atoms with Gasteiger partial charge < -0.3 is 15.7 Å². The standard InChI is InChI=1S/C12H14N4O2/c13-4-1-5-16(8-2-3-8)11-6-9(12(17)18)10(14)7-15-11/h6-8H,1-3,5,14H2,(H,17,18). The van der Waals surface area contributed by atoms with Gasteiger partial charge in [-0.15, -0.1) is 0 Å². The van der Waals surface area contributed by atoms with E-state index in [9.17, 15) is 4.79 Å². The van der Waals surface area contributed by atoms with E-state index in [-0.39, 0.29) is 11.3 Å². The summed E-state index contributed by atoms with van der Waals surface area (Å²) in [6, 6.07) is 3.94. The van der Waals surface area contributed by atoms with E-state index in [2.05, 4.69) is 11.1 Å². The molecule has 0 saturated heterocycles. The first-order chi connectivity index (χ1) is 8.63. The third kappa shape index (κ3) is 2.51. The van der Waals surface area contributed by atoms with Crippen molar-refractivity contribution >= 4 is 17.5 Å². The monoisotopic (exact) mass is 246 g/mol. The minimum atomic E-state index is -1.06. The molecule has 1 fully saturated rings. The van der Waals surface area contributed by atoms with Gasteiger partial charge in [0.15, 0.2) is 0 Å². The van der Waals surface area contributed by atoms with Crippen LogP contribution in [-0.4, -0.2) is 28.6 Å². The third-order valence-electron chi connectivity index (χ3n) is 2.90. The van der Waals surface area contributed by atoms with Crippen LogP contribution < -0.4 is 10.6 Å². The first kappa shape index (κ1) is 12.2. The second kappa shape index (κ2) is 4.92. The number of aromatic nitrogens is 1. The van der Waals surface area contributed by atoms with Gasteiger partial charge in [-0.3, -0.25) is 0 Å². The van der Waals surface area contributed by atoms with Crippen molar-refractivity contribution in [1.29, 1.82) is 5.26 Å². The smallest absolute Gasteiger partial charge is 0.337 e. The average molecular weight is 246 g/mol. The lowest BCUT2D eigenvalue weighted by atomic mass is 10.2. The first-order valence-electron chi connectivity index (χ1n) is 5.76. The summed E-state index contributed by atoms with van der Waals surface area (Å²) >= 11 is 0. The highest BCUT2D eigenvalue weighted by atomic mass is 16.4. The van der Waals surface area contributed by atoms with Gasteiger partial charge in [-0.25, -0.2) is 9.78 Å². The highest BCUT2D eigenvalue weighted by molar-refractivity contribution is 5.94. The molecule has 6 nitrogen and oxygen atoms in total. The number of nitrogens with zero attached hydrogens (tertiary/aromatic N) is 3. The van der Waals surface area contributed by atoms with Crippen molar-refractivity contribution in [2.24, 2.45) is 0 Å². The van der Waals surface area contributed by atoms with E-state index in [0.29, 0.717) is 24.8 Å². The summed E-state index contributed by atoms with van der Waals surface area (Å²) in [6.45, 7) is 0.567. The van der Waals surface area contributed by atoms with E-state index in [4.69, 9.17) is 16.1 Å². The minimum absolute atomic E-state index is 0.0580. The fourth-order valence-corrected chi connectivity index (χ4v) is 1.84. The van der Waals surface area contributed by atoms with Gasteiger partial charge in [0.2, 0.25) is 0 Å². The zero-order valence-corrected chi connectivity index (χ0v) is 9.83.